The van der Waals surface area contributed by atoms with Gasteiger partial charge in [0.25, 0.3) is 5.56 Å². The van der Waals surface area contributed by atoms with E-state index in [9.17, 15) is 4.79 Å². The minimum atomic E-state index is -0.165. The lowest BCUT2D eigenvalue weighted by Gasteiger charge is -2.18. The number of aromatic nitrogens is 2. The minimum Gasteiger partial charge on any atom is -0.299 e. The van der Waals surface area contributed by atoms with E-state index in [1.807, 2.05) is 0 Å². The highest BCUT2D eigenvalue weighted by atomic mass is 16.1. The molecule has 0 aliphatic heterocycles. The molecule has 0 atom stereocenters. The van der Waals surface area contributed by atoms with Gasteiger partial charge in [0.15, 0.2) is 0 Å². The minimum absolute atomic E-state index is 0.138. The maximum Gasteiger partial charge on any atom is 0.261 e. The largest absolute Gasteiger partial charge is 0.299 e. The van der Waals surface area contributed by atoms with Crippen molar-refractivity contribution in [1.82, 2.24) is 9.55 Å². The number of fused-ring (bicyclic) bond motifs is 1. The van der Waals surface area contributed by atoms with Crippen molar-refractivity contribution in [3.63, 3.8) is 0 Å². The number of rotatable bonds is 3. The first-order chi connectivity index (χ1) is 9.42. The zero-order valence-electron chi connectivity index (χ0n) is 11.9. The molecule has 0 N–H and O–H groups in total. The summed E-state index contributed by atoms with van der Waals surface area (Å²) in [6.07, 6.45) is 2.42. The third-order valence-corrected chi connectivity index (χ3v) is 3.09. The highest BCUT2D eigenvalue weighted by Crippen LogP contribution is 2.22. The van der Waals surface area contributed by atoms with Gasteiger partial charge in [-0.1, -0.05) is 38.0 Å². The molecule has 2 rings (SSSR count). The van der Waals surface area contributed by atoms with Crippen LogP contribution >= 0.6 is 0 Å². The van der Waals surface area contributed by atoms with Crippen LogP contribution in [0.15, 0.2) is 34.4 Å². The highest BCUT2D eigenvalue weighted by molar-refractivity contribution is 5.88. The van der Waals surface area contributed by atoms with E-state index in [1.165, 1.54) is 0 Å². The first kappa shape index (κ1) is 14.1. The lowest BCUT2D eigenvalue weighted by Crippen LogP contribution is -2.23. The summed E-state index contributed by atoms with van der Waals surface area (Å²) in [6.45, 7) is 6.96. The van der Waals surface area contributed by atoms with Crippen LogP contribution in [-0.2, 0) is 6.54 Å². The van der Waals surface area contributed by atoms with Gasteiger partial charge in [-0.15, -0.1) is 0 Å². The predicted molar refractivity (Wildman–Crippen MR) is 78.9 cm³/mol. The van der Waals surface area contributed by atoms with Crippen LogP contribution in [-0.4, -0.2) is 9.55 Å². The number of hydrogen-bond donors (Lipinski definition) is 0. The number of nitrogens with zero attached hydrogens (tertiary/aromatic N) is 5. The Hall–Kier alpha value is -2.33. The zero-order chi connectivity index (χ0) is 14.8. The molecule has 0 aliphatic rings. The summed E-state index contributed by atoms with van der Waals surface area (Å²) in [5.41, 5.74) is 9.43. The van der Waals surface area contributed by atoms with Crippen molar-refractivity contribution in [3.8, 4) is 0 Å². The molecule has 6 nitrogen and oxygen atoms in total. The molecule has 104 valence electrons. The Morgan fingerprint density at radius 1 is 1.40 bits per heavy atom. The summed E-state index contributed by atoms with van der Waals surface area (Å²) in [6, 6.07) is 5.08. The van der Waals surface area contributed by atoms with Gasteiger partial charge in [0.2, 0.25) is 0 Å². The van der Waals surface area contributed by atoms with Crippen LogP contribution in [0.4, 0.5) is 5.69 Å². The Labute approximate surface area is 116 Å². The Morgan fingerprint density at radius 2 is 2.15 bits per heavy atom. The fourth-order valence-corrected chi connectivity index (χ4v) is 1.93. The molecule has 0 amide bonds. The fraction of sp³-hybridized carbons (Fsp3) is 0.429. The lowest BCUT2D eigenvalue weighted by molar-refractivity contribution is 0.347. The number of aryl methyl sites for hydroxylation is 1. The molecule has 1 aromatic carbocycles. The summed E-state index contributed by atoms with van der Waals surface area (Å²) in [5, 5.41) is 3.95. The average molecular weight is 271 g/mol. The number of benzene rings is 1. The van der Waals surface area contributed by atoms with Crippen LogP contribution in [0, 0.1) is 5.41 Å². The van der Waals surface area contributed by atoms with E-state index in [0.29, 0.717) is 23.1 Å². The Balaban J connectivity index is 2.55. The molecule has 2 aromatic rings. The van der Waals surface area contributed by atoms with E-state index in [4.69, 9.17) is 5.53 Å². The van der Waals surface area contributed by atoms with Gasteiger partial charge >= 0.3 is 0 Å². The van der Waals surface area contributed by atoms with Crippen LogP contribution < -0.4 is 5.56 Å². The van der Waals surface area contributed by atoms with Crippen molar-refractivity contribution in [3.05, 3.63) is 45.3 Å². The highest BCUT2D eigenvalue weighted by Gasteiger charge is 2.12. The second-order valence-corrected chi connectivity index (χ2v) is 5.91. The van der Waals surface area contributed by atoms with Crippen molar-refractivity contribution >= 4 is 16.6 Å². The third kappa shape index (κ3) is 2.97. The zero-order valence-corrected chi connectivity index (χ0v) is 11.9. The third-order valence-electron chi connectivity index (χ3n) is 3.09. The maximum atomic E-state index is 12.5. The summed E-state index contributed by atoms with van der Waals surface area (Å²) in [4.78, 5) is 19.5. The molecule has 6 heteroatoms. The van der Waals surface area contributed by atoms with Crippen molar-refractivity contribution in [2.24, 2.45) is 10.5 Å². The molecule has 0 saturated carbocycles. The molecule has 0 unspecified atom stereocenters. The van der Waals surface area contributed by atoms with Crippen LogP contribution in [0.3, 0.4) is 0 Å². The van der Waals surface area contributed by atoms with E-state index in [1.54, 1.807) is 29.1 Å². The SMILES string of the molecule is CC(C)(C)CCn1cnc2cccc(N=[N+]=[N-])c2c1=O. The molecule has 0 saturated heterocycles. The van der Waals surface area contributed by atoms with Crippen molar-refractivity contribution in [1.29, 1.82) is 0 Å². The van der Waals surface area contributed by atoms with E-state index < -0.39 is 0 Å². The second kappa shape index (κ2) is 5.35. The first-order valence-electron chi connectivity index (χ1n) is 6.46. The molecule has 0 spiro atoms. The van der Waals surface area contributed by atoms with Crippen LogP contribution in [0.2, 0.25) is 0 Å². The monoisotopic (exact) mass is 271 g/mol. The van der Waals surface area contributed by atoms with Gasteiger partial charge in [-0.25, -0.2) is 4.98 Å². The topological polar surface area (TPSA) is 83.7 Å². The van der Waals surface area contributed by atoms with Crippen molar-refractivity contribution < 1.29 is 0 Å². The standard InChI is InChI=1S/C14H17N5O/c1-14(2,3)7-8-19-9-16-10-5-4-6-11(17-18-15)12(10)13(19)20/h4-6,9H,7-8H2,1-3H3. The Bertz CT molecular complexity index is 735. The second-order valence-electron chi connectivity index (χ2n) is 5.91. The van der Waals surface area contributed by atoms with Gasteiger partial charge in [-0.2, -0.15) is 0 Å². The molecule has 0 bridgehead atoms. The van der Waals surface area contributed by atoms with Crippen molar-refractivity contribution in [2.75, 3.05) is 0 Å². The number of hydrogen-bond acceptors (Lipinski definition) is 3. The summed E-state index contributed by atoms with van der Waals surface area (Å²) < 4.78 is 1.57. The smallest absolute Gasteiger partial charge is 0.261 e. The predicted octanol–water partition coefficient (Wildman–Crippen LogP) is 3.77. The normalized spacial score (nSPS) is 11.3. The molecule has 1 heterocycles. The van der Waals surface area contributed by atoms with Gasteiger partial charge in [-0.3, -0.25) is 9.36 Å². The molecular weight excluding hydrogens is 254 g/mol. The van der Waals surface area contributed by atoms with Crippen LogP contribution in [0.25, 0.3) is 21.3 Å². The van der Waals surface area contributed by atoms with Gasteiger partial charge in [0.1, 0.15) is 0 Å². The van der Waals surface area contributed by atoms with Gasteiger partial charge in [0, 0.05) is 11.5 Å². The summed E-state index contributed by atoms with van der Waals surface area (Å²) in [5.74, 6) is 0. The van der Waals surface area contributed by atoms with Crippen molar-refractivity contribution in [2.45, 2.75) is 33.7 Å². The average Bonchev–Trinajstić information content (AvgIpc) is 2.37. The van der Waals surface area contributed by atoms with Gasteiger partial charge in [-0.05, 0) is 23.4 Å². The Morgan fingerprint density at radius 3 is 2.80 bits per heavy atom. The molecule has 0 radical (unpaired) electrons. The first-order valence-corrected chi connectivity index (χ1v) is 6.46. The quantitative estimate of drug-likeness (QED) is 0.483. The molecule has 0 fully saturated rings. The van der Waals surface area contributed by atoms with E-state index in [0.717, 1.165) is 6.42 Å². The van der Waals surface area contributed by atoms with Crippen LogP contribution in [0.1, 0.15) is 27.2 Å². The fourth-order valence-electron chi connectivity index (χ4n) is 1.93. The summed E-state index contributed by atoms with van der Waals surface area (Å²) >= 11 is 0. The summed E-state index contributed by atoms with van der Waals surface area (Å²) in [7, 11) is 0. The van der Waals surface area contributed by atoms with Gasteiger partial charge < -0.3 is 0 Å². The number of azide groups is 1. The lowest BCUT2D eigenvalue weighted by atomic mass is 9.92. The molecule has 20 heavy (non-hydrogen) atoms. The maximum absolute atomic E-state index is 12.5. The molecule has 1 aromatic heterocycles. The van der Waals surface area contributed by atoms with Crippen LogP contribution in [0.5, 0.6) is 0 Å². The molecule has 0 aliphatic carbocycles. The van der Waals surface area contributed by atoms with E-state index in [2.05, 4.69) is 35.8 Å². The van der Waals surface area contributed by atoms with E-state index >= 15 is 0 Å². The molecular formula is C14H17N5O. The Kier molecular flexibility index (Phi) is 3.77. The van der Waals surface area contributed by atoms with Gasteiger partial charge in [0.05, 0.1) is 22.9 Å². The van der Waals surface area contributed by atoms with E-state index in [-0.39, 0.29) is 11.0 Å².